The minimum Gasteiger partial charge on any atom is -0.497 e. The lowest BCUT2D eigenvalue weighted by molar-refractivity contribution is 0.168. The molecular formula is C16H23ClN2O2. The van der Waals surface area contributed by atoms with E-state index in [2.05, 4.69) is 28.7 Å². The van der Waals surface area contributed by atoms with E-state index in [0.717, 1.165) is 44.2 Å². The van der Waals surface area contributed by atoms with Crippen LogP contribution in [-0.4, -0.2) is 63.3 Å². The molecule has 0 amide bonds. The molecule has 1 heterocycles. The van der Waals surface area contributed by atoms with Gasteiger partial charge in [0.15, 0.2) is 0 Å². The zero-order chi connectivity index (χ0) is 14.2. The molecule has 1 aromatic rings. The second-order valence-corrected chi connectivity index (χ2v) is 4.90. The topological polar surface area (TPSA) is 24.9 Å². The third-order valence-corrected chi connectivity index (χ3v) is 3.38. The number of piperazine rings is 1. The first-order chi connectivity index (χ1) is 9.78. The molecular weight excluding hydrogens is 288 g/mol. The van der Waals surface area contributed by atoms with Crippen molar-refractivity contribution < 1.29 is 9.47 Å². The number of ether oxygens (including phenoxy) is 2. The lowest BCUT2D eigenvalue weighted by atomic mass is 10.3. The van der Waals surface area contributed by atoms with Crippen molar-refractivity contribution in [1.29, 1.82) is 0 Å². The van der Waals surface area contributed by atoms with E-state index in [1.54, 1.807) is 7.11 Å². The highest BCUT2D eigenvalue weighted by atomic mass is 35.5. The molecule has 0 bridgehead atoms. The van der Waals surface area contributed by atoms with E-state index in [-0.39, 0.29) is 12.4 Å². The molecule has 1 aromatic carbocycles. The molecule has 4 nitrogen and oxygen atoms in total. The number of hydrogen-bond donors (Lipinski definition) is 0. The average Bonchev–Trinajstić information content (AvgIpc) is 2.49. The summed E-state index contributed by atoms with van der Waals surface area (Å²) in [4.78, 5) is 4.72. The number of rotatable bonds is 4. The van der Waals surface area contributed by atoms with Gasteiger partial charge in [-0.3, -0.25) is 4.90 Å². The van der Waals surface area contributed by atoms with Crippen molar-refractivity contribution >= 4 is 12.4 Å². The van der Waals surface area contributed by atoms with Crippen LogP contribution in [0, 0.1) is 11.8 Å². The van der Waals surface area contributed by atoms with Gasteiger partial charge in [0.25, 0.3) is 0 Å². The van der Waals surface area contributed by atoms with Crippen LogP contribution in [0.4, 0.5) is 0 Å². The van der Waals surface area contributed by atoms with E-state index >= 15 is 0 Å². The van der Waals surface area contributed by atoms with Crippen LogP contribution in [0.3, 0.4) is 0 Å². The van der Waals surface area contributed by atoms with Crippen molar-refractivity contribution in [2.24, 2.45) is 0 Å². The largest absolute Gasteiger partial charge is 0.497 e. The Balaban J connectivity index is 0.00000220. The second-order valence-electron chi connectivity index (χ2n) is 4.90. The molecule has 116 valence electrons. The average molecular weight is 311 g/mol. The molecule has 0 aliphatic carbocycles. The Kier molecular flexibility index (Phi) is 7.99. The van der Waals surface area contributed by atoms with Crippen molar-refractivity contribution in [3.63, 3.8) is 0 Å². The first-order valence-corrected chi connectivity index (χ1v) is 6.91. The van der Waals surface area contributed by atoms with E-state index in [1.807, 2.05) is 24.3 Å². The Labute approximate surface area is 133 Å². The number of methoxy groups -OCH3 is 1. The normalized spacial score (nSPS) is 15.5. The Morgan fingerprint density at radius 2 is 1.81 bits per heavy atom. The summed E-state index contributed by atoms with van der Waals surface area (Å²) in [6.45, 7) is 5.70. The summed E-state index contributed by atoms with van der Waals surface area (Å²) in [5, 5.41) is 0. The van der Waals surface area contributed by atoms with Crippen molar-refractivity contribution in [3.05, 3.63) is 24.3 Å². The molecule has 1 saturated heterocycles. The standard InChI is InChI=1S/C16H22N2O2.ClH/c1-17-9-11-18(12-10-17)8-3-4-13-20-16-7-5-6-15(14-16)19-2;/h5-7,14H,8-13H2,1-2H3;1H. The van der Waals surface area contributed by atoms with Crippen molar-refractivity contribution in [3.8, 4) is 23.3 Å². The van der Waals surface area contributed by atoms with Gasteiger partial charge in [0.2, 0.25) is 0 Å². The second kappa shape index (κ2) is 9.51. The molecule has 21 heavy (non-hydrogen) atoms. The van der Waals surface area contributed by atoms with Gasteiger partial charge in [-0.15, -0.1) is 12.4 Å². The lowest BCUT2D eigenvalue weighted by Crippen LogP contribution is -2.44. The van der Waals surface area contributed by atoms with Gasteiger partial charge in [0.05, 0.1) is 13.7 Å². The summed E-state index contributed by atoms with van der Waals surface area (Å²) < 4.78 is 10.7. The minimum atomic E-state index is 0. The SMILES string of the molecule is COc1cccc(OCC#CCN2CCN(C)CC2)c1.Cl. The molecule has 0 N–H and O–H groups in total. The summed E-state index contributed by atoms with van der Waals surface area (Å²) in [6, 6.07) is 7.57. The quantitative estimate of drug-likeness (QED) is 0.791. The van der Waals surface area contributed by atoms with E-state index in [0.29, 0.717) is 6.61 Å². The molecule has 1 fully saturated rings. The smallest absolute Gasteiger partial charge is 0.149 e. The highest BCUT2D eigenvalue weighted by Gasteiger charge is 2.11. The molecule has 0 atom stereocenters. The lowest BCUT2D eigenvalue weighted by Gasteiger charge is -2.30. The predicted octanol–water partition coefficient (Wildman–Crippen LogP) is 1.75. The summed E-state index contributed by atoms with van der Waals surface area (Å²) >= 11 is 0. The van der Waals surface area contributed by atoms with Crippen LogP contribution < -0.4 is 9.47 Å². The van der Waals surface area contributed by atoms with Crippen LogP contribution >= 0.6 is 12.4 Å². The third kappa shape index (κ3) is 6.26. The van der Waals surface area contributed by atoms with Crippen LogP contribution in [0.1, 0.15) is 0 Å². The fraction of sp³-hybridized carbons (Fsp3) is 0.500. The van der Waals surface area contributed by atoms with Crippen LogP contribution in [0.5, 0.6) is 11.5 Å². The molecule has 0 spiro atoms. The van der Waals surface area contributed by atoms with Crippen molar-refractivity contribution in [2.75, 3.05) is 53.5 Å². The van der Waals surface area contributed by atoms with Gasteiger partial charge in [-0.1, -0.05) is 17.9 Å². The first kappa shape index (κ1) is 17.6. The fourth-order valence-corrected chi connectivity index (χ4v) is 2.04. The highest BCUT2D eigenvalue weighted by molar-refractivity contribution is 5.85. The molecule has 0 saturated carbocycles. The third-order valence-electron chi connectivity index (χ3n) is 3.38. The molecule has 1 aliphatic rings. The molecule has 2 rings (SSSR count). The van der Waals surface area contributed by atoms with E-state index in [1.165, 1.54) is 0 Å². The van der Waals surface area contributed by atoms with Crippen molar-refractivity contribution in [2.45, 2.75) is 0 Å². The van der Waals surface area contributed by atoms with Crippen LogP contribution in [0.2, 0.25) is 0 Å². The number of benzene rings is 1. The van der Waals surface area contributed by atoms with Gasteiger partial charge in [-0.05, 0) is 19.2 Å². The number of hydrogen-bond acceptors (Lipinski definition) is 4. The maximum atomic E-state index is 5.57. The van der Waals surface area contributed by atoms with Gasteiger partial charge in [0, 0.05) is 32.2 Å². The van der Waals surface area contributed by atoms with Gasteiger partial charge in [-0.25, -0.2) is 0 Å². The molecule has 0 aromatic heterocycles. The zero-order valence-electron chi connectivity index (χ0n) is 12.7. The van der Waals surface area contributed by atoms with Crippen molar-refractivity contribution in [1.82, 2.24) is 9.80 Å². The molecule has 1 aliphatic heterocycles. The first-order valence-electron chi connectivity index (χ1n) is 6.91. The molecule has 0 radical (unpaired) electrons. The monoisotopic (exact) mass is 310 g/mol. The Hall–Kier alpha value is -1.41. The summed E-state index contributed by atoms with van der Waals surface area (Å²) in [5.41, 5.74) is 0. The Morgan fingerprint density at radius 3 is 2.52 bits per heavy atom. The maximum Gasteiger partial charge on any atom is 0.149 e. The van der Waals surface area contributed by atoms with Crippen LogP contribution in [-0.2, 0) is 0 Å². The minimum absolute atomic E-state index is 0. The summed E-state index contributed by atoms with van der Waals surface area (Å²) in [7, 11) is 3.81. The van der Waals surface area contributed by atoms with Gasteiger partial charge >= 0.3 is 0 Å². The van der Waals surface area contributed by atoms with E-state index in [4.69, 9.17) is 9.47 Å². The molecule has 5 heteroatoms. The van der Waals surface area contributed by atoms with E-state index in [9.17, 15) is 0 Å². The number of likely N-dealkylation sites (N-methyl/N-ethyl adjacent to an activating group) is 1. The zero-order valence-corrected chi connectivity index (χ0v) is 13.5. The van der Waals surface area contributed by atoms with Gasteiger partial charge in [0.1, 0.15) is 18.1 Å². The number of nitrogens with zero attached hydrogens (tertiary/aromatic N) is 2. The van der Waals surface area contributed by atoms with Gasteiger partial charge in [-0.2, -0.15) is 0 Å². The Bertz CT molecular complexity index is 477. The Morgan fingerprint density at radius 1 is 1.10 bits per heavy atom. The summed E-state index contributed by atoms with van der Waals surface area (Å²) in [5.74, 6) is 7.82. The number of halogens is 1. The predicted molar refractivity (Wildman–Crippen MR) is 87.5 cm³/mol. The summed E-state index contributed by atoms with van der Waals surface area (Å²) in [6.07, 6.45) is 0. The van der Waals surface area contributed by atoms with E-state index < -0.39 is 0 Å². The highest BCUT2D eigenvalue weighted by Crippen LogP contribution is 2.18. The van der Waals surface area contributed by atoms with Crippen LogP contribution in [0.25, 0.3) is 0 Å². The van der Waals surface area contributed by atoms with Crippen LogP contribution in [0.15, 0.2) is 24.3 Å². The van der Waals surface area contributed by atoms with Gasteiger partial charge < -0.3 is 14.4 Å². The fourth-order valence-electron chi connectivity index (χ4n) is 2.04. The molecule has 0 unspecified atom stereocenters. The maximum absolute atomic E-state index is 5.57.